The topological polar surface area (TPSA) is 124 Å². The van der Waals surface area contributed by atoms with Crippen LogP contribution in [0.3, 0.4) is 0 Å². The summed E-state index contributed by atoms with van der Waals surface area (Å²) in [5.74, 6) is -1.46. The van der Waals surface area contributed by atoms with Crippen molar-refractivity contribution in [3.63, 3.8) is 0 Å². The van der Waals surface area contributed by atoms with Crippen LogP contribution in [0, 0.1) is 0 Å². The summed E-state index contributed by atoms with van der Waals surface area (Å²) in [7, 11) is -4.40. The molecule has 0 aromatic rings. The van der Waals surface area contributed by atoms with E-state index in [9.17, 15) is 28.0 Å². The van der Waals surface area contributed by atoms with Gasteiger partial charge in [-0.05, 0) is 38.5 Å². The van der Waals surface area contributed by atoms with Crippen LogP contribution in [-0.4, -0.2) is 53.1 Å². The molecule has 1 amide bonds. The third-order valence-corrected chi connectivity index (χ3v) is 9.36. The van der Waals surface area contributed by atoms with Crippen LogP contribution in [0.2, 0.25) is 0 Å². The molecule has 0 rings (SSSR count). The molecule has 0 saturated heterocycles. The average molecular weight is 646 g/mol. The largest absolute Gasteiger partial charge is 0.391 e. The van der Waals surface area contributed by atoms with E-state index in [1.54, 1.807) is 0 Å². The van der Waals surface area contributed by atoms with Gasteiger partial charge in [0.25, 0.3) is 10.1 Å². The number of aliphatic hydroxyl groups is 2. The zero-order chi connectivity index (χ0) is 32.7. The van der Waals surface area contributed by atoms with E-state index in [4.69, 9.17) is 0 Å². The molecule has 0 aliphatic rings. The van der Waals surface area contributed by atoms with Gasteiger partial charge in [0.1, 0.15) is 6.10 Å². The highest BCUT2D eigenvalue weighted by Gasteiger charge is 2.28. The number of rotatable bonds is 33. The summed E-state index contributed by atoms with van der Waals surface area (Å²) < 4.78 is 32.4. The lowest BCUT2D eigenvalue weighted by Gasteiger charge is -2.24. The van der Waals surface area contributed by atoms with E-state index < -0.39 is 40.0 Å². The minimum absolute atomic E-state index is 0.292. The van der Waals surface area contributed by atoms with E-state index in [1.807, 2.05) is 0 Å². The maximum atomic E-state index is 12.5. The number of amides is 1. The Morgan fingerprint density at radius 3 is 1.39 bits per heavy atom. The predicted octanol–water partition coefficient (Wildman–Crippen LogP) is 9.21. The number of nitrogens with one attached hydrogen (secondary N) is 1. The third kappa shape index (κ3) is 29.7. The van der Waals surface area contributed by atoms with Gasteiger partial charge in [0.2, 0.25) is 5.91 Å². The quantitative estimate of drug-likeness (QED) is 0.0320. The smallest absolute Gasteiger partial charge is 0.266 e. The lowest BCUT2D eigenvalue weighted by Crippen LogP contribution is -2.50. The molecule has 3 unspecified atom stereocenters. The Hall–Kier alpha value is -0.960. The summed E-state index contributed by atoms with van der Waals surface area (Å²) in [5.41, 5.74) is 0. The van der Waals surface area contributed by atoms with Crippen LogP contribution < -0.4 is 5.32 Å². The maximum Gasteiger partial charge on any atom is 0.266 e. The Bertz CT molecular complexity index is 773. The lowest BCUT2D eigenvalue weighted by atomic mass is 10.0. The molecular weight excluding hydrogens is 574 g/mol. The van der Waals surface area contributed by atoms with E-state index in [2.05, 4.69) is 31.3 Å². The molecule has 0 spiro atoms. The molecule has 8 heteroatoms. The first kappa shape index (κ1) is 43.0. The van der Waals surface area contributed by atoms with E-state index >= 15 is 0 Å². The Morgan fingerprint density at radius 2 is 0.955 bits per heavy atom. The lowest BCUT2D eigenvalue weighted by molar-refractivity contribution is -0.131. The summed E-state index contributed by atoms with van der Waals surface area (Å²) in [4.78, 5) is 12.5. The number of hydrogen-bond acceptors (Lipinski definition) is 5. The van der Waals surface area contributed by atoms with Crippen molar-refractivity contribution in [3.8, 4) is 0 Å². The molecule has 0 radical (unpaired) electrons. The van der Waals surface area contributed by atoms with Crippen molar-refractivity contribution in [3.05, 3.63) is 12.2 Å². The fraction of sp³-hybridized carbons (Fsp3) is 0.917. The number of aliphatic hydroxyl groups excluding tert-OH is 2. The fourth-order valence-corrected chi connectivity index (χ4v) is 6.45. The van der Waals surface area contributed by atoms with Gasteiger partial charge in [0.05, 0.1) is 17.9 Å². The van der Waals surface area contributed by atoms with Gasteiger partial charge in [-0.25, -0.2) is 0 Å². The van der Waals surface area contributed by atoms with Crippen molar-refractivity contribution in [1.82, 2.24) is 5.32 Å². The molecule has 7 nitrogen and oxygen atoms in total. The van der Waals surface area contributed by atoms with E-state index in [1.165, 1.54) is 103 Å². The monoisotopic (exact) mass is 646 g/mol. The molecule has 0 aromatic carbocycles. The van der Waals surface area contributed by atoms with E-state index in [0.29, 0.717) is 25.7 Å². The second-order valence-corrected chi connectivity index (χ2v) is 14.5. The standard InChI is InChI=1S/C36H71NO6S/c1-3-5-7-9-11-13-15-17-19-21-23-25-27-29-31-35(39)36(40)37-33(32-44(41,42)43)34(38)30-28-26-24-22-20-18-16-14-12-10-8-6-4-2/h13,15,33-35,38-39H,3-12,14,16-32H2,1-2H3,(H,37,40)(H,41,42,43)/b15-13-. The zero-order valence-corrected chi connectivity index (χ0v) is 29.5. The first-order valence-electron chi connectivity index (χ1n) is 18.5. The van der Waals surface area contributed by atoms with Crippen LogP contribution in [0.5, 0.6) is 0 Å². The van der Waals surface area contributed by atoms with Gasteiger partial charge < -0.3 is 15.5 Å². The number of allylic oxidation sites excluding steroid dienone is 2. The summed E-state index contributed by atoms with van der Waals surface area (Å²) in [6, 6.07) is -1.14. The van der Waals surface area contributed by atoms with Gasteiger partial charge in [0, 0.05) is 0 Å². The van der Waals surface area contributed by atoms with Gasteiger partial charge in [-0.3, -0.25) is 9.35 Å². The second kappa shape index (κ2) is 30.7. The van der Waals surface area contributed by atoms with Gasteiger partial charge in [-0.15, -0.1) is 0 Å². The highest BCUT2D eigenvalue weighted by molar-refractivity contribution is 7.85. The highest BCUT2D eigenvalue weighted by atomic mass is 32.2. The molecule has 0 heterocycles. The molecule has 0 aromatic heterocycles. The molecule has 0 aliphatic carbocycles. The number of carbonyl (C=O) groups excluding carboxylic acids is 1. The Kier molecular flexibility index (Phi) is 30.0. The first-order chi connectivity index (χ1) is 21.2. The van der Waals surface area contributed by atoms with Gasteiger partial charge in [-0.1, -0.05) is 161 Å². The predicted molar refractivity (Wildman–Crippen MR) is 186 cm³/mol. The maximum absolute atomic E-state index is 12.5. The summed E-state index contributed by atoms with van der Waals surface area (Å²) in [5, 5.41) is 23.4. The van der Waals surface area contributed by atoms with Crippen molar-refractivity contribution in [1.29, 1.82) is 0 Å². The second-order valence-electron chi connectivity index (χ2n) is 13.0. The SMILES string of the molecule is CCCCCC/C=C\CCCCCCCCC(O)C(=O)NC(CS(=O)(=O)O)C(O)CCCCCCCCCCCCCCC. The van der Waals surface area contributed by atoms with Crippen LogP contribution in [-0.2, 0) is 14.9 Å². The van der Waals surface area contributed by atoms with Gasteiger partial charge in [0.15, 0.2) is 0 Å². The number of carbonyl (C=O) groups is 1. The summed E-state index contributed by atoms with van der Waals surface area (Å²) in [6.45, 7) is 4.47. The number of unbranched alkanes of at least 4 members (excludes halogenated alkanes) is 22. The minimum atomic E-state index is -4.40. The van der Waals surface area contributed by atoms with Crippen LogP contribution in [0.1, 0.15) is 187 Å². The van der Waals surface area contributed by atoms with Crippen molar-refractivity contribution in [2.45, 2.75) is 205 Å². The van der Waals surface area contributed by atoms with Gasteiger partial charge >= 0.3 is 0 Å². The molecule has 262 valence electrons. The Morgan fingerprint density at radius 1 is 0.591 bits per heavy atom. The summed E-state index contributed by atoms with van der Waals surface area (Å²) >= 11 is 0. The normalized spacial score (nSPS) is 14.2. The Labute approximate surface area is 272 Å². The number of hydrogen-bond donors (Lipinski definition) is 4. The Balaban J connectivity index is 4.06. The molecular formula is C36H71NO6S. The highest BCUT2D eigenvalue weighted by Crippen LogP contribution is 2.15. The van der Waals surface area contributed by atoms with Crippen LogP contribution in [0.25, 0.3) is 0 Å². The van der Waals surface area contributed by atoms with Crippen LogP contribution in [0.15, 0.2) is 12.2 Å². The van der Waals surface area contributed by atoms with E-state index in [-0.39, 0.29) is 0 Å². The third-order valence-electron chi connectivity index (χ3n) is 8.58. The minimum Gasteiger partial charge on any atom is -0.391 e. The van der Waals surface area contributed by atoms with Gasteiger partial charge in [-0.2, -0.15) is 8.42 Å². The molecule has 0 aliphatic heterocycles. The zero-order valence-electron chi connectivity index (χ0n) is 28.7. The first-order valence-corrected chi connectivity index (χ1v) is 20.1. The van der Waals surface area contributed by atoms with Crippen molar-refractivity contribution in [2.24, 2.45) is 0 Å². The molecule has 0 bridgehead atoms. The molecule has 0 fully saturated rings. The fourth-order valence-electron chi connectivity index (χ4n) is 5.69. The molecule has 3 atom stereocenters. The van der Waals surface area contributed by atoms with Crippen molar-refractivity contribution in [2.75, 3.05) is 5.75 Å². The van der Waals surface area contributed by atoms with Crippen molar-refractivity contribution >= 4 is 16.0 Å². The van der Waals surface area contributed by atoms with Crippen molar-refractivity contribution < 1.29 is 28.0 Å². The molecule has 4 N–H and O–H groups in total. The molecule has 44 heavy (non-hydrogen) atoms. The summed E-state index contributed by atoms with van der Waals surface area (Å²) in [6.07, 6.45) is 32.2. The molecule has 0 saturated carbocycles. The van der Waals surface area contributed by atoms with Crippen LogP contribution >= 0.6 is 0 Å². The average Bonchev–Trinajstić information content (AvgIpc) is 2.98. The van der Waals surface area contributed by atoms with E-state index in [0.717, 1.165) is 44.9 Å². The van der Waals surface area contributed by atoms with Crippen LogP contribution in [0.4, 0.5) is 0 Å².